The Labute approximate surface area is 57.1 Å². The molecule has 0 N–H and O–H groups in total. The van der Waals surface area contributed by atoms with Gasteiger partial charge in [0.25, 0.3) is 0 Å². The number of rotatable bonds is 0. The Kier molecular flexibility index (Phi) is 1.52. The molecule has 9 heavy (non-hydrogen) atoms. The summed E-state index contributed by atoms with van der Waals surface area (Å²) in [5.74, 6) is 0. The van der Waals surface area contributed by atoms with Gasteiger partial charge in [-0.2, -0.15) is 14.2 Å². The van der Waals surface area contributed by atoms with Crippen LogP contribution in [0.15, 0.2) is 11.0 Å². The third-order valence-corrected chi connectivity index (χ3v) is 1.07. The molecule has 1 heterocycles. The first-order valence-corrected chi connectivity index (χ1v) is 2.72. The lowest BCUT2D eigenvalue weighted by atomic mass is 10.6. The van der Waals surface area contributed by atoms with Crippen LogP contribution in [-0.4, -0.2) is 14.2 Å². The molecule has 48 valence electrons. The van der Waals surface area contributed by atoms with Crippen LogP contribution in [0.2, 0.25) is 0 Å². The molecule has 0 spiro atoms. The van der Waals surface area contributed by atoms with Crippen LogP contribution in [0.3, 0.4) is 0 Å². The quantitative estimate of drug-likeness (QED) is 0.504. The molecule has 4 nitrogen and oxygen atoms in total. The lowest BCUT2D eigenvalue weighted by Gasteiger charge is -1.90. The number of thiol groups is 1. The van der Waals surface area contributed by atoms with Gasteiger partial charge in [-0.05, 0) is 19.7 Å². The average Bonchev–Trinajstić information content (AvgIpc) is 1.80. The Morgan fingerprint density at radius 1 is 1.78 bits per heavy atom. The van der Waals surface area contributed by atoms with E-state index in [4.69, 9.17) is 0 Å². The fourth-order valence-electron chi connectivity index (χ4n) is 0.412. The lowest BCUT2D eigenvalue weighted by Crippen LogP contribution is -2.19. The second-order valence-corrected chi connectivity index (χ2v) is 1.95. The standard InChI is InChI=1S/C4H5N3OS/c1-3-2-5-7(9)4(8)6-3/h2,9H,1H3. The molecule has 0 radical (unpaired) electrons. The summed E-state index contributed by atoms with van der Waals surface area (Å²) in [7, 11) is 0. The van der Waals surface area contributed by atoms with Crippen LogP contribution in [0.4, 0.5) is 0 Å². The van der Waals surface area contributed by atoms with Gasteiger partial charge in [0.05, 0.1) is 11.9 Å². The molecular weight excluding hydrogens is 138 g/mol. The summed E-state index contributed by atoms with van der Waals surface area (Å²) < 4.78 is 0.882. The molecule has 0 bridgehead atoms. The van der Waals surface area contributed by atoms with Gasteiger partial charge < -0.3 is 0 Å². The minimum absolute atomic E-state index is 0.446. The molecule has 1 aromatic heterocycles. The molecule has 0 aromatic carbocycles. The Morgan fingerprint density at radius 3 is 2.89 bits per heavy atom. The molecule has 0 aliphatic heterocycles. The highest BCUT2D eigenvalue weighted by molar-refractivity contribution is 7.78. The Balaban J connectivity index is 3.34. The monoisotopic (exact) mass is 143 g/mol. The summed E-state index contributed by atoms with van der Waals surface area (Å²) in [6, 6.07) is 0. The normalized spacial score (nSPS) is 9.56. The summed E-state index contributed by atoms with van der Waals surface area (Å²) >= 11 is 3.68. The highest BCUT2D eigenvalue weighted by Crippen LogP contribution is 1.80. The highest BCUT2D eigenvalue weighted by Gasteiger charge is 1.90. The van der Waals surface area contributed by atoms with E-state index in [0.29, 0.717) is 5.69 Å². The van der Waals surface area contributed by atoms with E-state index in [1.54, 1.807) is 6.92 Å². The maximum absolute atomic E-state index is 10.6. The number of aryl methyl sites for hydroxylation is 1. The zero-order valence-electron chi connectivity index (χ0n) is 4.77. The molecule has 0 saturated heterocycles. The van der Waals surface area contributed by atoms with E-state index in [2.05, 4.69) is 22.9 Å². The Bertz CT molecular complexity index is 269. The number of hydrogen-bond acceptors (Lipinski definition) is 4. The first-order valence-electron chi connectivity index (χ1n) is 2.32. The van der Waals surface area contributed by atoms with Gasteiger partial charge in [0.15, 0.2) is 0 Å². The molecule has 0 saturated carbocycles. The molecule has 0 amide bonds. The van der Waals surface area contributed by atoms with Gasteiger partial charge >= 0.3 is 5.69 Å². The minimum atomic E-state index is -0.446. The molecule has 0 atom stereocenters. The fourth-order valence-corrected chi connectivity index (χ4v) is 0.508. The highest BCUT2D eigenvalue weighted by atomic mass is 32.1. The van der Waals surface area contributed by atoms with Crippen LogP contribution >= 0.6 is 12.8 Å². The van der Waals surface area contributed by atoms with Crippen molar-refractivity contribution in [3.63, 3.8) is 0 Å². The maximum Gasteiger partial charge on any atom is 0.374 e. The molecule has 1 rings (SSSR count). The zero-order valence-corrected chi connectivity index (χ0v) is 5.67. The zero-order chi connectivity index (χ0) is 6.85. The van der Waals surface area contributed by atoms with Crippen LogP contribution < -0.4 is 5.69 Å². The van der Waals surface area contributed by atoms with Gasteiger partial charge in [0.1, 0.15) is 0 Å². The molecule has 5 heteroatoms. The number of aromatic nitrogens is 3. The van der Waals surface area contributed by atoms with E-state index < -0.39 is 5.69 Å². The molecule has 0 fully saturated rings. The third kappa shape index (κ3) is 1.29. The van der Waals surface area contributed by atoms with Crippen molar-refractivity contribution in [3.05, 3.63) is 22.4 Å². The van der Waals surface area contributed by atoms with E-state index in [-0.39, 0.29) is 0 Å². The van der Waals surface area contributed by atoms with Crippen molar-refractivity contribution in [2.24, 2.45) is 0 Å². The smallest absolute Gasteiger partial charge is 0.243 e. The van der Waals surface area contributed by atoms with Gasteiger partial charge in [-0.15, -0.1) is 0 Å². The number of nitrogens with zero attached hydrogens (tertiary/aromatic N) is 3. The van der Waals surface area contributed by atoms with E-state index in [0.717, 1.165) is 4.09 Å². The van der Waals surface area contributed by atoms with Crippen molar-refractivity contribution in [3.8, 4) is 0 Å². The molecular formula is C4H5N3OS. The SMILES string of the molecule is Cc1cnn(S)c(=O)n1. The van der Waals surface area contributed by atoms with E-state index >= 15 is 0 Å². The molecule has 0 aliphatic carbocycles. The predicted molar refractivity (Wildman–Crippen MR) is 35.4 cm³/mol. The minimum Gasteiger partial charge on any atom is -0.243 e. The largest absolute Gasteiger partial charge is 0.374 e. The van der Waals surface area contributed by atoms with Crippen molar-refractivity contribution < 1.29 is 0 Å². The molecule has 1 aromatic rings. The van der Waals surface area contributed by atoms with Crippen LogP contribution in [0.5, 0.6) is 0 Å². The van der Waals surface area contributed by atoms with Crippen LogP contribution in [0, 0.1) is 6.92 Å². The van der Waals surface area contributed by atoms with Gasteiger partial charge in [0, 0.05) is 0 Å². The summed E-state index contributed by atoms with van der Waals surface area (Å²) in [6.07, 6.45) is 1.47. The lowest BCUT2D eigenvalue weighted by molar-refractivity contribution is 0.841. The third-order valence-electron chi connectivity index (χ3n) is 0.797. The van der Waals surface area contributed by atoms with Crippen molar-refractivity contribution in [2.75, 3.05) is 0 Å². The van der Waals surface area contributed by atoms with Crippen molar-refractivity contribution in [1.29, 1.82) is 0 Å². The second-order valence-electron chi connectivity index (χ2n) is 1.57. The van der Waals surface area contributed by atoms with Crippen molar-refractivity contribution in [2.45, 2.75) is 6.92 Å². The van der Waals surface area contributed by atoms with E-state index in [9.17, 15) is 4.79 Å². The van der Waals surface area contributed by atoms with Crippen LogP contribution in [-0.2, 0) is 0 Å². The van der Waals surface area contributed by atoms with Gasteiger partial charge in [-0.3, -0.25) is 0 Å². The summed E-state index contributed by atoms with van der Waals surface area (Å²) in [5.41, 5.74) is 0.156. The van der Waals surface area contributed by atoms with Crippen LogP contribution in [0.25, 0.3) is 0 Å². The van der Waals surface area contributed by atoms with Crippen molar-refractivity contribution in [1.82, 2.24) is 14.2 Å². The summed E-state index contributed by atoms with van der Waals surface area (Å²) in [5, 5.41) is 3.58. The maximum atomic E-state index is 10.6. The summed E-state index contributed by atoms with van der Waals surface area (Å²) in [4.78, 5) is 14.1. The van der Waals surface area contributed by atoms with Gasteiger partial charge in [0.2, 0.25) is 0 Å². The number of hydrogen-bond donors (Lipinski definition) is 1. The van der Waals surface area contributed by atoms with Gasteiger partial charge in [-0.25, -0.2) is 4.79 Å². The van der Waals surface area contributed by atoms with E-state index in [1.165, 1.54) is 6.20 Å². The average molecular weight is 143 g/mol. The van der Waals surface area contributed by atoms with E-state index in [1.807, 2.05) is 0 Å². The Hall–Kier alpha value is -0.840. The van der Waals surface area contributed by atoms with Gasteiger partial charge in [-0.1, -0.05) is 0 Å². The topological polar surface area (TPSA) is 47.8 Å². The summed E-state index contributed by atoms with van der Waals surface area (Å²) in [6.45, 7) is 1.70. The first-order chi connectivity index (χ1) is 4.20. The Morgan fingerprint density at radius 2 is 2.44 bits per heavy atom. The first kappa shape index (κ1) is 6.28. The fraction of sp³-hybridized carbons (Fsp3) is 0.250. The predicted octanol–water partition coefficient (Wildman–Crippen LogP) is -0.360. The molecule has 0 aliphatic rings. The second kappa shape index (κ2) is 2.18. The van der Waals surface area contributed by atoms with Crippen molar-refractivity contribution >= 4 is 12.8 Å². The molecule has 0 unspecified atom stereocenters. The van der Waals surface area contributed by atoms with Crippen LogP contribution in [0.1, 0.15) is 5.69 Å².